The number of aryl methyl sites for hydroxylation is 1. The highest BCUT2D eigenvalue weighted by molar-refractivity contribution is 7.80. The van der Waals surface area contributed by atoms with Crippen molar-refractivity contribution in [3.8, 4) is 0 Å². The molecule has 20 heavy (non-hydrogen) atoms. The first kappa shape index (κ1) is 15.3. The fourth-order valence-electron chi connectivity index (χ4n) is 2.39. The minimum atomic E-state index is 0.907. The maximum atomic E-state index is 5.41. The third kappa shape index (κ3) is 3.70. The molecule has 0 radical (unpaired) electrons. The summed E-state index contributed by atoms with van der Waals surface area (Å²) >= 11 is 5.41. The highest BCUT2D eigenvalue weighted by atomic mass is 32.1. The fourth-order valence-corrected chi connectivity index (χ4v) is 2.68. The summed E-state index contributed by atoms with van der Waals surface area (Å²) in [4.78, 5) is 4.75. The molecule has 0 unspecified atom stereocenters. The van der Waals surface area contributed by atoms with Crippen molar-refractivity contribution in [3.05, 3.63) is 17.5 Å². The Hall–Kier alpha value is -1.14. The second-order valence-corrected chi connectivity index (χ2v) is 5.76. The second kappa shape index (κ2) is 7.04. The molecule has 1 saturated heterocycles. The molecule has 0 spiro atoms. The third-order valence-electron chi connectivity index (χ3n) is 3.92. The summed E-state index contributed by atoms with van der Waals surface area (Å²) in [6.45, 7) is 10.4. The van der Waals surface area contributed by atoms with Gasteiger partial charge in [0, 0.05) is 57.6 Å². The Balaban J connectivity index is 1.79. The van der Waals surface area contributed by atoms with Crippen LogP contribution in [-0.2, 0) is 13.6 Å². The highest BCUT2D eigenvalue weighted by Crippen LogP contribution is 2.11. The first-order chi connectivity index (χ1) is 9.61. The SMILES string of the molecule is CCCNC(=S)N1CCN(Cc2cnn(C)c2C)CC1. The Kier molecular flexibility index (Phi) is 5.37. The number of aromatic nitrogens is 2. The van der Waals surface area contributed by atoms with Gasteiger partial charge in [0.25, 0.3) is 0 Å². The molecule has 0 amide bonds. The first-order valence-corrected chi connectivity index (χ1v) is 7.75. The molecule has 112 valence electrons. The number of rotatable bonds is 4. The molecule has 2 heterocycles. The molecule has 0 atom stereocenters. The lowest BCUT2D eigenvalue weighted by atomic mass is 10.2. The molecule has 0 aromatic carbocycles. The zero-order valence-corrected chi connectivity index (χ0v) is 13.5. The molecule has 0 bridgehead atoms. The van der Waals surface area contributed by atoms with Gasteiger partial charge in [0.2, 0.25) is 0 Å². The summed E-state index contributed by atoms with van der Waals surface area (Å²) in [7, 11) is 1.99. The smallest absolute Gasteiger partial charge is 0.169 e. The summed E-state index contributed by atoms with van der Waals surface area (Å²) in [5, 5.41) is 8.52. The van der Waals surface area contributed by atoms with E-state index in [4.69, 9.17) is 12.2 Å². The van der Waals surface area contributed by atoms with Gasteiger partial charge < -0.3 is 10.2 Å². The van der Waals surface area contributed by atoms with E-state index in [1.165, 1.54) is 11.3 Å². The van der Waals surface area contributed by atoms with Crippen molar-refractivity contribution in [2.45, 2.75) is 26.8 Å². The number of hydrogen-bond donors (Lipinski definition) is 1. The van der Waals surface area contributed by atoms with Crippen molar-refractivity contribution in [2.24, 2.45) is 7.05 Å². The van der Waals surface area contributed by atoms with E-state index in [-0.39, 0.29) is 0 Å². The molecule has 1 fully saturated rings. The minimum absolute atomic E-state index is 0.907. The lowest BCUT2D eigenvalue weighted by Gasteiger charge is -2.36. The van der Waals surface area contributed by atoms with Gasteiger partial charge in [0.05, 0.1) is 6.20 Å². The van der Waals surface area contributed by atoms with E-state index in [0.29, 0.717) is 0 Å². The zero-order valence-electron chi connectivity index (χ0n) is 12.7. The first-order valence-electron chi connectivity index (χ1n) is 7.34. The van der Waals surface area contributed by atoms with Gasteiger partial charge in [-0.1, -0.05) is 6.92 Å². The van der Waals surface area contributed by atoms with Crippen LogP contribution >= 0.6 is 12.2 Å². The summed E-state index contributed by atoms with van der Waals surface area (Å²) < 4.78 is 1.94. The van der Waals surface area contributed by atoms with E-state index < -0.39 is 0 Å². The Morgan fingerprint density at radius 3 is 2.60 bits per heavy atom. The Bertz CT molecular complexity index is 448. The maximum Gasteiger partial charge on any atom is 0.169 e. The van der Waals surface area contributed by atoms with Crippen LogP contribution in [0.3, 0.4) is 0 Å². The van der Waals surface area contributed by atoms with E-state index in [1.54, 1.807) is 0 Å². The molecule has 1 aromatic heterocycles. The average molecular weight is 295 g/mol. The number of hydrogen-bond acceptors (Lipinski definition) is 3. The quantitative estimate of drug-likeness (QED) is 0.843. The summed E-state index contributed by atoms with van der Waals surface area (Å²) in [6, 6.07) is 0. The molecule has 0 saturated carbocycles. The van der Waals surface area contributed by atoms with Crippen molar-refractivity contribution in [1.82, 2.24) is 24.9 Å². The van der Waals surface area contributed by atoms with Crippen LogP contribution in [0.1, 0.15) is 24.6 Å². The number of piperazine rings is 1. The van der Waals surface area contributed by atoms with Crippen LogP contribution in [-0.4, -0.2) is 57.4 Å². The van der Waals surface area contributed by atoms with Gasteiger partial charge in [-0.25, -0.2) is 0 Å². The molecule has 1 aliphatic heterocycles. The second-order valence-electron chi connectivity index (χ2n) is 5.37. The van der Waals surface area contributed by atoms with Crippen molar-refractivity contribution in [2.75, 3.05) is 32.7 Å². The number of nitrogens with zero attached hydrogens (tertiary/aromatic N) is 4. The van der Waals surface area contributed by atoms with E-state index in [2.05, 4.69) is 34.1 Å². The van der Waals surface area contributed by atoms with Crippen molar-refractivity contribution >= 4 is 17.3 Å². The number of thiocarbonyl (C=S) groups is 1. The van der Waals surface area contributed by atoms with Crippen LogP contribution in [0.2, 0.25) is 0 Å². The van der Waals surface area contributed by atoms with Crippen LogP contribution < -0.4 is 5.32 Å². The largest absolute Gasteiger partial charge is 0.363 e. The number of nitrogens with one attached hydrogen (secondary N) is 1. The van der Waals surface area contributed by atoms with Crippen LogP contribution in [0.15, 0.2) is 6.20 Å². The monoisotopic (exact) mass is 295 g/mol. The van der Waals surface area contributed by atoms with Crippen molar-refractivity contribution in [1.29, 1.82) is 0 Å². The Morgan fingerprint density at radius 1 is 1.35 bits per heavy atom. The summed E-state index contributed by atoms with van der Waals surface area (Å²) in [5.41, 5.74) is 2.58. The topological polar surface area (TPSA) is 36.3 Å². The van der Waals surface area contributed by atoms with Gasteiger partial charge in [0.1, 0.15) is 0 Å². The molecular weight excluding hydrogens is 270 g/mol. The summed E-state index contributed by atoms with van der Waals surface area (Å²) in [6.07, 6.45) is 3.09. The molecule has 0 aliphatic carbocycles. The molecule has 1 aliphatic rings. The van der Waals surface area contributed by atoms with Gasteiger partial charge in [-0.2, -0.15) is 5.10 Å². The standard InChI is InChI=1S/C14H25N5S/c1-4-5-15-14(20)19-8-6-18(7-9-19)11-13-10-16-17(3)12(13)2/h10H,4-9,11H2,1-3H3,(H,15,20). The Morgan fingerprint density at radius 2 is 2.05 bits per heavy atom. The molecule has 2 rings (SSSR count). The predicted octanol–water partition coefficient (Wildman–Crippen LogP) is 1.13. The molecule has 5 nitrogen and oxygen atoms in total. The average Bonchev–Trinajstić information content (AvgIpc) is 2.77. The minimum Gasteiger partial charge on any atom is -0.363 e. The Labute approximate surface area is 126 Å². The molecule has 1 aromatic rings. The fraction of sp³-hybridized carbons (Fsp3) is 0.714. The van der Waals surface area contributed by atoms with Crippen molar-refractivity contribution < 1.29 is 0 Å². The normalized spacial score (nSPS) is 16.4. The van der Waals surface area contributed by atoms with Gasteiger partial charge in [0.15, 0.2) is 5.11 Å². The van der Waals surface area contributed by atoms with Crippen LogP contribution in [0.5, 0.6) is 0 Å². The van der Waals surface area contributed by atoms with Crippen molar-refractivity contribution in [3.63, 3.8) is 0 Å². The molecule has 1 N–H and O–H groups in total. The molecule has 6 heteroatoms. The van der Waals surface area contributed by atoms with Crippen LogP contribution in [0, 0.1) is 6.92 Å². The zero-order chi connectivity index (χ0) is 14.5. The van der Waals surface area contributed by atoms with E-state index in [9.17, 15) is 0 Å². The van der Waals surface area contributed by atoms with E-state index >= 15 is 0 Å². The van der Waals surface area contributed by atoms with Gasteiger partial charge in [-0.05, 0) is 25.6 Å². The highest BCUT2D eigenvalue weighted by Gasteiger charge is 2.19. The lowest BCUT2D eigenvalue weighted by molar-refractivity contribution is 0.174. The van der Waals surface area contributed by atoms with E-state index in [0.717, 1.165) is 50.8 Å². The summed E-state index contributed by atoms with van der Waals surface area (Å²) in [5.74, 6) is 0. The maximum absolute atomic E-state index is 5.41. The van der Waals surface area contributed by atoms with Gasteiger partial charge in [-0.15, -0.1) is 0 Å². The third-order valence-corrected chi connectivity index (χ3v) is 4.32. The lowest BCUT2D eigenvalue weighted by Crippen LogP contribution is -2.51. The van der Waals surface area contributed by atoms with Gasteiger partial charge >= 0.3 is 0 Å². The van der Waals surface area contributed by atoms with Gasteiger partial charge in [-0.3, -0.25) is 9.58 Å². The van der Waals surface area contributed by atoms with E-state index in [1.807, 2.05) is 17.9 Å². The predicted molar refractivity (Wildman–Crippen MR) is 85.7 cm³/mol. The molecular formula is C14H25N5S. The van der Waals surface area contributed by atoms with Crippen LogP contribution in [0.25, 0.3) is 0 Å². The van der Waals surface area contributed by atoms with Crippen LogP contribution in [0.4, 0.5) is 0 Å².